The minimum absolute atomic E-state index is 0.0192. The number of hydrogen-bond donors (Lipinski definition) is 2. The number of benzene rings is 1. The summed E-state index contributed by atoms with van der Waals surface area (Å²) in [7, 11) is -2.60. The summed E-state index contributed by atoms with van der Waals surface area (Å²) in [6, 6.07) is 4.10. The predicted molar refractivity (Wildman–Crippen MR) is 79.3 cm³/mol. The van der Waals surface area contributed by atoms with Gasteiger partial charge in [-0.1, -0.05) is 13.8 Å². The van der Waals surface area contributed by atoms with Gasteiger partial charge >= 0.3 is 5.97 Å². The van der Waals surface area contributed by atoms with Crippen LogP contribution >= 0.6 is 0 Å². The zero-order chi connectivity index (χ0) is 15.8. The van der Waals surface area contributed by atoms with Crippen LogP contribution in [0, 0.1) is 11.3 Å². The molecule has 21 heavy (non-hydrogen) atoms. The minimum Gasteiger partial charge on any atom is -0.465 e. The van der Waals surface area contributed by atoms with E-state index in [4.69, 9.17) is 5.73 Å². The number of methoxy groups -OCH3 is 1. The third-order valence-corrected chi connectivity index (χ3v) is 5.40. The zero-order valence-electron chi connectivity index (χ0n) is 12.3. The van der Waals surface area contributed by atoms with Gasteiger partial charge in [0.15, 0.2) is 0 Å². The number of nitrogens with two attached hydrogens (primary N) is 1. The summed E-state index contributed by atoms with van der Waals surface area (Å²) in [5.74, 6) is -0.392. The Hall–Kier alpha value is -1.60. The van der Waals surface area contributed by atoms with Crippen molar-refractivity contribution in [1.29, 1.82) is 0 Å². The number of anilines is 1. The summed E-state index contributed by atoms with van der Waals surface area (Å²) in [5, 5.41) is 0. The molecule has 6 nitrogen and oxygen atoms in total. The lowest BCUT2D eigenvalue weighted by Gasteiger charge is -2.11. The maximum atomic E-state index is 12.4. The third kappa shape index (κ3) is 3.36. The van der Waals surface area contributed by atoms with Crippen molar-refractivity contribution in [2.24, 2.45) is 11.3 Å². The van der Waals surface area contributed by atoms with E-state index in [0.717, 1.165) is 6.42 Å². The molecule has 1 saturated carbocycles. The van der Waals surface area contributed by atoms with Crippen LogP contribution in [0.4, 0.5) is 5.69 Å². The Balaban J connectivity index is 2.26. The maximum absolute atomic E-state index is 12.4. The van der Waals surface area contributed by atoms with Gasteiger partial charge in [0.1, 0.15) is 0 Å². The quantitative estimate of drug-likeness (QED) is 0.632. The molecule has 1 unspecified atom stereocenters. The van der Waals surface area contributed by atoms with Crippen molar-refractivity contribution in [3.63, 3.8) is 0 Å². The molecule has 2 rings (SSSR count). The summed E-state index contributed by atoms with van der Waals surface area (Å²) in [6.45, 7) is 4.53. The van der Waals surface area contributed by atoms with E-state index in [-0.39, 0.29) is 21.6 Å². The third-order valence-electron chi connectivity index (χ3n) is 3.94. The fourth-order valence-corrected chi connectivity index (χ4v) is 3.56. The fourth-order valence-electron chi connectivity index (χ4n) is 2.25. The second-order valence-corrected chi connectivity index (χ2v) is 7.72. The van der Waals surface area contributed by atoms with E-state index >= 15 is 0 Å². The highest BCUT2D eigenvalue weighted by Crippen LogP contribution is 2.51. The monoisotopic (exact) mass is 312 g/mol. The van der Waals surface area contributed by atoms with Crippen molar-refractivity contribution >= 4 is 21.7 Å². The van der Waals surface area contributed by atoms with E-state index in [1.54, 1.807) is 0 Å². The van der Waals surface area contributed by atoms with Crippen molar-refractivity contribution in [1.82, 2.24) is 4.72 Å². The van der Waals surface area contributed by atoms with Crippen molar-refractivity contribution < 1.29 is 17.9 Å². The lowest BCUT2D eigenvalue weighted by atomic mass is 10.1. The molecule has 1 fully saturated rings. The molecule has 0 saturated heterocycles. The number of hydrogen-bond acceptors (Lipinski definition) is 5. The molecule has 3 N–H and O–H groups in total. The van der Waals surface area contributed by atoms with E-state index in [9.17, 15) is 13.2 Å². The molecule has 0 aromatic heterocycles. The highest BCUT2D eigenvalue weighted by molar-refractivity contribution is 7.89. The molecule has 0 amide bonds. The van der Waals surface area contributed by atoms with E-state index in [0.29, 0.717) is 12.5 Å². The molecular weight excluding hydrogens is 292 g/mol. The first-order chi connectivity index (χ1) is 9.67. The standard InChI is InChI=1S/C14H20N2O4S/c1-14(2)7-9(14)8-16-21(18,19)12-6-10(15)4-5-11(12)13(17)20-3/h4-6,9,16H,7-8,15H2,1-3H3. The van der Waals surface area contributed by atoms with Crippen molar-refractivity contribution in [2.45, 2.75) is 25.2 Å². The van der Waals surface area contributed by atoms with Crippen molar-refractivity contribution in [3.8, 4) is 0 Å². The highest BCUT2D eigenvalue weighted by Gasteiger charge is 2.45. The molecule has 1 aromatic rings. The molecule has 0 bridgehead atoms. The predicted octanol–water partition coefficient (Wildman–Crippen LogP) is 1.38. The van der Waals surface area contributed by atoms with Gasteiger partial charge in [-0.15, -0.1) is 0 Å². The van der Waals surface area contributed by atoms with Gasteiger partial charge < -0.3 is 10.5 Å². The van der Waals surface area contributed by atoms with Crippen LogP contribution in [0.1, 0.15) is 30.6 Å². The number of esters is 1. The molecule has 0 radical (unpaired) electrons. The molecular formula is C14H20N2O4S. The van der Waals surface area contributed by atoms with Gasteiger partial charge in [-0.05, 0) is 36.0 Å². The van der Waals surface area contributed by atoms with Crippen LogP contribution in [-0.2, 0) is 14.8 Å². The molecule has 1 aromatic carbocycles. The summed E-state index contributed by atoms with van der Waals surface area (Å²) >= 11 is 0. The molecule has 0 heterocycles. The number of nitrogens with one attached hydrogen (secondary N) is 1. The molecule has 0 spiro atoms. The Morgan fingerprint density at radius 3 is 2.62 bits per heavy atom. The summed E-state index contributed by atoms with van der Waals surface area (Å²) in [5.41, 5.74) is 6.06. The molecule has 0 aliphatic heterocycles. The summed E-state index contributed by atoms with van der Waals surface area (Å²) in [4.78, 5) is 11.5. The molecule has 1 aliphatic rings. The number of nitrogen functional groups attached to an aromatic ring is 1. The maximum Gasteiger partial charge on any atom is 0.339 e. The highest BCUT2D eigenvalue weighted by atomic mass is 32.2. The minimum atomic E-state index is -3.80. The Labute approximate surface area is 124 Å². The average molecular weight is 312 g/mol. The second kappa shape index (κ2) is 5.31. The summed E-state index contributed by atoms with van der Waals surface area (Å²) < 4.78 is 31.9. The van der Waals surface area contributed by atoms with Crippen LogP contribution in [0.3, 0.4) is 0 Å². The zero-order valence-corrected chi connectivity index (χ0v) is 13.2. The van der Waals surface area contributed by atoms with Gasteiger partial charge in [0.2, 0.25) is 10.0 Å². The van der Waals surface area contributed by atoms with Crippen LogP contribution in [0.25, 0.3) is 0 Å². The fraction of sp³-hybridized carbons (Fsp3) is 0.500. The lowest BCUT2D eigenvalue weighted by Crippen LogP contribution is -2.28. The van der Waals surface area contributed by atoms with Crippen LogP contribution < -0.4 is 10.5 Å². The number of sulfonamides is 1. The Morgan fingerprint density at radius 2 is 2.10 bits per heavy atom. The number of carbonyl (C=O) groups excluding carboxylic acids is 1. The summed E-state index contributed by atoms with van der Waals surface area (Å²) in [6.07, 6.45) is 0.982. The first-order valence-corrected chi connectivity index (χ1v) is 8.13. The smallest absolute Gasteiger partial charge is 0.339 e. The van der Waals surface area contributed by atoms with Gasteiger partial charge in [0, 0.05) is 12.2 Å². The van der Waals surface area contributed by atoms with Crippen molar-refractivity contribution in [3.05, 3.63) is 23.8 Å². The van der Waals surface area contributed by atoms with E-state index < -0.39 is 16.0 Å². The molecule has 116 valence electrons. The van der Waals surface area contributed by atoms with Crippen LogP contribution in [0.5, 0.6) is 0 Å². The lowest BCUT2D eigenvalue weighted by molar-refractivity contribution is 0.0596. The second-order valence-electron chi connectivity index (χ2n) is 5.99. The van der Waals surface area contributed by atoms with E-state index in [1.165, 1.54) is 25.3 Å². The molecule has 1 atom stereocenters. The number of ether oxygens (including phenoxy) is 1. The van der Waals surface area contributed by atoms with Gasteiger partial charge in [0.25, 0.3) is 0 Å². The topological polar surface area (TPSA) is 98.5 Å². The number of rotatable bonds is 5. The SMILES string of the molecule is COC(=O)c1ccc(N)cc1S(=O)(=O)NCC1CC1(C)C. The van der Waals surface area contributed by atoms with Crippen molar-refractivity contribution in [2.75, 3.05) is 19.4 Å². The van der Waals surface area contributed by atoms with E-state index in [2.05, 4.69) is 23.3 Å². The Morgan fingerprint density at radius 1 is 1.48 bits per heavy atom. The average Bonchev–Trinajstić information content (AvgIpc) is 3.03. The Kier molecular flexibility index (Phi) is 3.99. The Bertz CT molecular complexity index is 668. The first kappa shape index (κ1) is 15.8. The van der Waals surface area contributed by atoms with Crippen LogP contribution in [0.2, 0.25) is 0 Å². The molecule has 7 heteroatoms. The number of carbonyl (C=O) groups is 1. The first-order valence-electron chi connectivity index (χ1n) is 6.65. The largest absolute Gasteiger partial charge is 0.465 e. The van der Waals surface area contributed by atoms with Crippen LogP contribution in [-0.4, -0.2) is 28.0 Å². The van der Waals surface area contributed by atoms with E-state index in [1.807, 2.05) is 0 Å². The van der Waals surface area contributed by atoms with Gasteiger partial charge in [-0.3, -0.25) is 0 Å². The van der Waals surface area contributed by atoms with Gasteiger partial charge in [-0.2, -0.15) is 0 Å². The van der Waals surface area contributed by atoms with Crippen LogP contribution in [0.15, 0.2) is 23.1 Å². The normalized spacial score (nSPS) is 20.0. The molecule has 1 aliphatic carbocycles. The van der Waals surface area contributed by atoms with Gasteiger partial charge in [0.05, 0.1) is 17.6 Å². The van der Waals surface area contributed by atoms with Gasteiger partial charge in [-0.25, -0.2) is 17.9 Å².